The normalized spacial score (nSPS) is 11.8. The number of nitrogens with two attached hydrogens (primary N) is 1. The third-order valence-electron chi connectivity index (χ3n) is 2.55. The Hall–Kier alpha value is -2.27. The molecule has 0 unspecified atom stereocenters. The lowest BCUT2D eigenvalue weighted by Crippen LogP contribution is -2.28. The smallest absolute Gasteiger partial charge is 0.257 e. The van der Waals surface area contributed by atoms with Crippen molar-refractivity contribution in [2.75, 3.05) is 37.4 Å². The number of rotatable bonds is 6. The second-order valence-corrected chi connectivity index (χ2v) is 6.60. The summed E-state index contributed by atoms with van der Waals surface area (Å²) in [7, 11) is -0.324. The van der Waals surface area contributed by atoms with Gasteiger partial charge in [-0.1, -0.05) is 0 Å². The van der Waals surface area contributed by atoms with Crippen LogP contribution >= 0.6 is 0 Å². The second kappa shape index (κ2) is 6.01. The van der Waals surface area contributed by atoms with E-state index in [1.54, 1.807) is 18.5 Å². The minimum Gasteiger partial charge on any atom is -0.368 e. The molecule has 2 aromatic heterocycles. The largest absolute Gasteiger partial charge is 0.368 e. The van der Waals surface area contributed by atoms with Crippen molar-refractivity contribution in [3.63, 3.8) is 0 Å². The zero-order valence-electron chi connectivity index (χ0n) is 11.6. The SMILES string of the molecule is CN(C)S(=O)(=O)CCNc1nc(N)nc(-n2cccn2)n1. The summed E-state index contributed by atoms with van der Waals surface area (Å²) in [6.45, 7) is 0.155. The van der Waals surface area contributed by atoms with Gasteiger partial charge in [0.05, 0.1) is 5.75 Å². The summed E-state index contributed by atoms with van der Waals surface area (Å²) in [5.74, 6) is 0.392. The first kappa shape index (κ1) is 15.1. The molecule has 0 aliphatic carbocycles. The fourth-order valence-electron chi connectivity index (χ4n) is 1.42. The predicted molar refractivity (Wildman–Crippen MR) is 77.3 cm³/mol. The fourth-order valence-corrected chi connectivity index (χ4v) is 2.15. The first-order valence-electron chi connectivity index (χ1n) is 6.04. The van der Waals surface area contributed by atoms with Gasteiger partial charge in [-0.2, -0.15) is 20.1 Å². The van der Waals surface area contributed by atoms with Gasteiger partial charge in [-0.05, 0) is 6.07 Å². The summed E-state index contributed by atoms with van der Waals surface area (Å²) >= 11 is 0. The maximum atomic E-state index is 11.6. The van der Waals surface area contributed by atoms with Crippen LogP contribution in [0.25, 0.3) is 5.95 Å². The van der Waals surface area contributed by atoms with Crippen molar-refractivity contribution < 1.29 is 8.42 Å². The van der Waals surface area contributed by atoms with Crippen LogP contribution in [0.5, 0.6) is 0 Å². The molecule has 21 heavy (non-hydrogen) atoms. The number of nitrogens with zero attached hydrogens (tertiary/aromatic N) is 6. The molecule has 10 nitrogen and oxygen atoms in total. The maximum absolute atomic E-state index is 11.6. The van der Waals surface area contributed by atoms with E-state index in [9.17, 15) is 8.42 Å². The lowest BCUT2D eigenvalue weighted by molar-refractivity contribution is 0.521. The molecular weight excluding hydrogens is 296 g/mol. The van der Waals surface area contributed by atoms with Crippen LogP contribution < -0.4 is 11.1 Å². The van der Waals surface area contributed by atoms with E-state index in [-0.39, 0.29) is 30.1 Å². The standard InChI is InChI=1S/C10H16N8O2S/c1-17(2)21(19,20)7-5-12-9-14-8(11)15-10(16-9)18-6-3-4-13-18/h3-4,6H,5,7H2,1-2H3,(H3,11,12,14,15,16). The van der Waals surface area contributed by atoms with Gasteiger partial charge >= 0.3 is 0 Å². The van der Waals surface area contributed by atoms with Gasteiger partial charge in [0.2, 0.25) is 21.9 Å². The number of sulfonamides is 1. The summed E-state index contributed by atoms with van der Waals surface area (Å²) < 4.78 is 25.9. The van der Waals surface area contributed by atoms with Crippen LogP contribution in [0.15, 0.2) is 18.5 Å². The van der Waals surface area contributed by atoms with E-state index < -0.39 is 10.0 Å². The van der Waals surface area contributed by atoms with Crippen molar-refractivity contribution >= 4 is 21.9 Å². The van der Waals surface area contributed by atoms with Crippen LogP contribution in [0.3, 0.4) is 0 Å². The summed E-state index contributed by atoms with van der Waals surface area (Å²) in [5.41, 5.74) is 5.60. The molecule has 2 aromatic rings. The van der Waals surface area contributed by atoms with Crippen LogP contribution in [0.4, 0.5) is 11.9 Å². The van der Waals surface area contributed by atoms with Gasteiger partial charge < -0.3 is 11.1 Å². The van der Waals surface area contributed by atoms with Gasteiger partial charge in [-0.15, -0.1) is 0 Å². The van der Waals surface area contributed by atoms with Crippen molar-refractivity contribution in [3.05, 3.63) is 18.5 Å². The fraction of sp³-hybridized carbons (Fsp3) is 0.400. The molecule has 0 saturated heterocycles. The average molecular weight is 312 g/mol. The Bertz CT molecular complexity index is 698. The molecule has 114 valence electrons. The van der Waals surface area contributed by atoms with E-state index >= 15 is 0 Å². The highest BCUT2D eigenvalue weighted by Gasteiger charge is 2.13. The van der Waals surface area contributed by atoms with Crippen molar-refractivity contribution in [2.45, 2.75) is 0 Å². The predicted octanol–water partition coefficient (Wildman–Crippen LogP) is -1.06. The van der Waals surface area contributed by atoms with Crippen molar-refractivity contribution in [1.29, 1.82) is 0 Å². The number of hydrogen-bond acceptors (Lipinski definition) is 8. The number of aromatic nitrogens is 5. The number of nitrogens with one attached hydrogen (secondary N) is 1. The molecule has 0 amide bonds. The van der Waals surface area contributed by atoms with Crippen molar-refractivity contribution in [3.8, 4) is 5.95 Å². The van der Waals surface area contributed by atoms with Gasteiger partial charge in [0, 0.05) is 33.0 Å². The van der Waals surface area contributed by atoms with Crippen LogP contribution in [0, 0.1) is 0 Å². The topological polar surface area (TPSA) is 132 Å². The second-order valence-electron chi connectivity index (χ2n) is 4.29. The van der Waals surface area contributed by atoms with Crippen molar-refractivity contribution in [1.82, 2.24) is 29.0 Å². The Kier molecular flexibility index (Phi) is 4.33. The third kappa shape index (κ3) is 3.86. The quantitative estimate of drug-likeness (QED) is 0.690. The van der Waals surface area contributed by atoms with E-state index in [0.717, 1.165) is 4.31 Å². The summed E-state index contributed by atoms with van der Waals surface area (Å²) in [6, 6.07) is 1.72. The Balaban J connectivity index is 2.08. The highest BCUT2D eigenvalue weighted by atomic mass is 32.2. The van der Waals surface area contributed by atoms with Crippen LogP contribution in [-0.4, -0.2) is 63.8 Å². The van der Waals surface area contributed by atoms with E-state index in [4.69, 9.17) is 5.73 Å². The Labute approximate surface area is 122 Å². The molecule has 0 bridgehead atoms. The molecule has 2 heterocycles. The number of anilines is 2. The minimum absolute atomic E-state index is 0.0217. The first-order valence-corrected chi connectivity index (χ1v) is 7.65. The molecule has 0 aliphatic heterocycles. The van der Waals surface area contributed by atoms with E-state index in [1.165, 1.54) is 18.8 Å². The lowest BCUT2D eigenvalue weighted by Gasteiger charge is -2.11. The highest BCUT2D eigenvalue weighted by molar-refractivity contribution is 7.89. The zero-order chi connectivity index (χ0) is 15.5. The number of hydrogen-bond donors (Lipinski definition) is 2. The molecule has 3 N–H and O–H groups in total. The number of nitrogen functional groups attached to an aromatic ring is 1. The van der Waals surface area contributed by atoms with E-state index in [2.05, 4.69) is 25.4 Å². The van der Waals surface area contributed by atoms with Gasteiger partial charge in [0.1, 0.15) is 0 Å². The Morgan fingerprint density at radius 3 is 2.71 bits per heavy atom. The monoisotopic (exact) mass is 312 g/mol. The molecule has 0 fully saturated rings. The molecule has 2 rings (SSSR count). The highest BCUT2D eigenvalue weighted by Crippen LogP contribution is 2.06. The Morgan fingerprint density at radius 2 is 2.10 bits per heavy atom. The summed E-state index contributed by atoms with van der Waals surface area (Å²) in [5, 5.41) is 6.80. The maximum Gasteiger partial charge on any atom is 0.257 e. The molecule has 11 heteroatoms. The van der Waals surface area contributed by atoms with Crippen LogP contribution in [0.1, 0.15) is 0 Å². The van der Waals surface area contributed by atoms with E-state index in [0.29, 0.717) is 0 Å². The molecule has 0 radical (unpaired) electrons. The lowest BCUT2D eigenvalue weighted by atomic mass is 10.7. The average Bonchev–Trinajstić information content (AvgIpc) is 2.91. The van der Waals surface area contributed by atoms with Crippen LogP contribution in [-0.2, 0) is 10.0 Å². The van der Waals surface area contributed by atoms with Gasteiger partial charge in [-0.3, -0.25) is 0 Å². The van der Waals surface area contributed by atoms with Crippen molar-refractivity contribution in [2.24, 2.45) is 0 Å². The molecule has 0 aromatic carbocycles. The summed E-state index contributed by atoms with van der Waals surface area (Å²) in [6.07, 6.45) is 3.24. The molecule has 0 spiro atoms. The summed E-state index contributed by atoms with van der Waals surface area (Å²) in [4.78, 5) is 12.0. The van der Waals surface area contributed by atoms with Crippen LogP contribution in [0.2, 0.25) is 0 Å². The third-order valence-corrected chi connectivity index (χ3v) is 4.38. The molecular formula is C10H16N8O2S. The van der Waals surface area contributed by atoms with Gasteiger partial charge in [0.15, 0.2) is 0 Å². The first-order chi connectivity index (χ1) is 9.88. The molecule has 0 saturated carbocycles. The minimum atomic E-state index is -3.28. The van der Waals surface area contributed by atoms with Gasteiger partial charge in [-0.25, -0.2) is 17.4 Å². The molecule has 0 aliphatic rings. The zero-order valence-corrected chi connectivity index (χ0v) is 12.4. The van der Waals surface area contributed by atoms with Gasteiger partial charge in [0.25, 0.3) is 5.95 Å². The Morgan fingerprint density at radius 1 is 1.33 bits per heavy atom. The van der Waals surface area contributed by atoms with E-state index in [1.807, 2.05) is 0 Å². The molecule has 0 atom stereocenters.